The second-order valence-electron chi connectivity index (χ2n) is 5.99. The van der Waals surface area contributed by atoms with Crippen LogP contribution in [0.2, 0.25) is 0 Å². The van der Waals surface area contributed by atoms with E-state index in [0.717, 1.165) is 0 Å². The fourth-order valence-electron chi connectivity index (χ4n) is 2.57. The van der Waals surface area contributed by atoms with Gasteiger partial charge in [0.25, 0.3) is 5.91 Å². The first-order chi connectivity index (χ1) is 13.8. The summed E-state index contributed by atoms with van der Waals surface area (Å²) in [4.78, 5) is 28.4. The number of amides is 1. The fourth-order valence-corrected chi connectivity index (χ4v) is 2.57. The van der Waals surface area contributed by atoms with E-state index in [1.807, 2.05) is 0 Å². The molecule has 6 nitrogen and oxygen atoms in total. The topological polar surface area (TPSA) is 77.5 Å². The standard InChI is InChI=1S/C20H15F3N2O4/c1-11-16(8-12-2-3-13(21)9-17(12)24-11)19(27)28-10-18(26)25-14-4-6-15(7-5-14)29-20(22)23/h2-9,20H,10H2,1H3,(H,25,26). The molecule has 0 atom stereocenters. The van der Waals surface area contributed by atoms with E-state index in [2.05, 4.69) is 15.0 Å². The molecule has 150 valence electrons. The second-order valence-corrected chi connectivity index (χ2v) is 5.99. The molecule has 0 fully saturated rings. The van der Waals surface area contributed by atoms with Gasteiger partial charge >= 0.3 is 12.6 Å². The number of pyridine rings is 1. The Hall–Kier alpha value is -3.62. The average Bonchev–Trinajstić information content (AvgIpc) is 2.66. The highest BCUT2D eigenvalue weighted by molar-refractivity contribution is 5.98. The van der Waals surface area contributed by atoms with Gasteiger partial charge in [-0.2, -0.15) is 8.78 Å². The minimum Gasteiger partial charge on any atom is -0.452 e. The second kappa shape index (κ2) is 8.59. The van der Waals surface area contributed by atoms with E-state index in [4.69, 9.17) is 4.74 Å². The predicted molar refractivity (Wildman–Crippen MR) is 98.4 cm³/mol. The highest BCUT2D eigenvalue weighted by Crippen LogP contribution is 2.19. The molecule has 0 spiro atoms. The lowest BCUT2D eigenvalue weighted by atomic mass is 10.1. The predicted octanol–water partition coefficient (Wildman–Crippen LogP) is 4.08. The average molecular weight is 404 g/mol. The lowest BCUT2D eigenvalue weighted by Gasteiger charge is -2.09. The van der Waals surface area contributed by atoms with Crippen molar-refractivity contribution in [1.82, 2.24) is 4.98 Å². The number of rotatable bonds is 6. The van der Waals surface area contributed by atoms with E-state index in [1.165, 1.54) is 48.5 Å². The van der Waals surface area contributed by atoms with Crippen LogP contribution in [0.25, 0.3) is 10.9 Å². The number of halogens is 3. The van der Waals surface area contributed by atoms with Gasteiger partial charge in [-0.15, -0.1) is 0 Å². The van der Waals surface area contributed by atoms with Gasteiger partial charge in [-0.1, -0.05) is 0 Å². The van der Waals surface area contributed by atoms with Gasteiger partial charge in [0.1, 0.15) is 11.6 Å². The van der Waals surface area contributed by atoms with Gasteiger partial charge in [-0.25, -0.2) is 9.18 Å². The third kappa shape index (κ3) is 5.22. The molecule has 9 heteroatoms. The van der Waals surface area contributed by atoms with Gasteiger partial charge in [0, 0.05) is 17.1 Å². The van der Waals surface area contributed by atoms with Crippen LogP contribution >= 0.6 is 0 Å². The smallest absolute Gasteiger partial charge is 0.387 e. The first-order valence-corrected chi connectivity index (χ1v) is 8.40. The highest BCUT2D eigenvalue weighted by Gasteiger charge is 2.15. The van der Waals surface area contributed by atoms with Crippen LogP contribution in [-0.2, 0) is 9.53 Å². The number of carbonyl (C=O) groups is 2. The van der Waals surface area contributed by atoms with Crippen LogP contribution in [0.4, 0.5) is 18.9 Å². The van der Waals surface area contributed by atoms with Gasteiger partial charge < -0.3 is 14.8 Å². The van der Waals surface area contributed by atoms with Crippen LogP contribution in [0.3, 0.4) is 0 Å². The largest absolute Gasteiger partial charge is 0.452 e. The molecule has 29 heavy (non-hydrogen) atoms. The SMILES string of the molecule is Cc1nc2cc(F)ccc2cc1C(=O)OCC(=O)Nc1ccc(OC(F)F)cc1. The highest BCUT2D eigenvalue weighted by atomic mass is 19.3. The molecule has 3 rings (SSSR count). The van der Waals surface area contributed by atoms with Crippen LogP contribution in [0.15, 0.2) is 48.5 Å². The van der Waals surface area contributed by atoms with Gasteiger partial charge in [0.2, 0.25) is 0 Å². The Morgan fingerprint density at radius 1 is 1.10 bits per heavy atom. The molecular formula is C20H15F3N2O4. The molecule has 2 aromatic carbocycles. The Morgan fingerprint density at radius 3 is 2.52 bits per heavy atom. The molecule has 0 aliphatic rings. The number of benzene rings is 2. The Balaban J connectivity index is 1.60. The molecule has 0 aliphatic heterocycles. The quantitative estimate of drug-likeness (QED) is 0.627. The van der Waals surface area contributed by atoms with E-state index in [9.17, 15) is 22.8 Å². The molecule has 3 aromatic rings. The van der Waals surface area contributed by atoms with Gasteiger partial charge in [-0.3, -0.25) is 9.78 Å². The molecular weight excluding hydrogens is 389 g/mol. The third-order valence-electron chi connectivity index (χ3n) is 3.89. The zero-order valence-electron chi connectivity index (χ0n) is 15.1. The van der Waals surface area contributed by atoms with Crippen LogP contribution in [0, 0.1) is 12.7 Å². The number of esters is 1. The normalized spacial score (nSPS) is 10.8. The Morgan fingerprint density at radius 2 is 1.83 bits per heavy atom. The number of aryl methyl sites for hydroxylation is 1. The minimum atomic E-state index is -2.94. The number of alkyl halides is 2. The molecule has 0 aliphatic carbocycles. The van der Waals surface area contributed by atoms with E-state index in [0.29, 0.717) is 22.3 Å². The summed E-state index contributed by atoms with van der Waals surface area (Å²) in [7, 11) is 0. The third-order valence-corrected chi connectivity index (χ3v) is 3.89. The number of ether oxygens (including phenoxy) is 2. The maximum Gasteiger partial charge on any atom is 0.387 e. The van der Waals surface area contributed by atoms with Crippen molar-refractivity contribution in [3.05, 3.63) is 65.6 Å². The summed E-state index contributed by atoms with van der Waals surface area (Å²) >= 11 is 0. The van der Waals surface area contributed by atoms with Crippen molar-refractivity contribution >= 4 is 28.5 Å². The lowest BCUT2D eigenvalue weighted by Crippen LogP contribution is -2.21. The molecule has 0 bridgehead atoms. The molecule has 0 radical (unpaired) electrons. The Kier molecular flexibility index (Phi) is 5.96. The molecule has 0 unspecified atom stereocenters. The van der Waals surface area contributed by atoms with Crippen molar-refractivity contribution < 1.29 is 32.2 Å². The van der Waals surface area contributed by atoms with E-state index in [1.54, 1.807) is 6.92 Å². The van der Waals surface area contributed by atoms with Crippen molar-refractivity contribution in [2.24, 2.45) is 0 Å². The first kappa shape index (κ1) is 20.1. The van der Waals surface area contributed by atoms with E-state index < -0.39 is 30.9 Å². The summed E-state index contributed by atoms with van der Waals surface area (Å²) in [5, 5.41) is 3.02. The van der Waals surface area contributed by atoms with Crippen LogP contribution in [0.5, 0.6) is 5.75 Å². The number of carbonyl (C=O) groups excluding carboxylic acids is 2. The van der Waals surface area contributed by atoms with Crippen molar-refractivity contribution in [2.75, 3.05) is 11.9 Å². The van der Waals surface area contributed by atoms with Crippen molar-refractivity contribution in [1.29, 1.82) is 0 Å². The number of hydrogen-bond donors (Lipinski definition) is 1. The summed E-state index contributed by atoms with van der Waals surface area (Å²) in [6.07, 6.45) is 0. The molecule has 1 N–H and O–H groups in total. The number of anilines is 1. The monoisotopic (exact) mass is 404 g/mol. The zero-order valence-corrected chi connectivity index (χ0v) is 15.1. The summed E-state index contributed by atoms with van der Waals surface area (Å²) in [6, 6.07) is 10.8. The molecule has 1 aromatic heterocycles. The molecule has 1 amide bonds. The summed E-state index contributed by atoms with van der Waals surface area (Å²) in [6.45, 7) is -1.93. The van der Waals surface area contributed by atoms with Crippen molar-refractivity contribution in [3.8, 4) is 5.75 Å². The maximum absolute atomic E-state index is 13.3. The number of hydrogen-bond acceptors (Lipinski definition) is 5. The number of aromatic nitrogens is 1. The Bertz CT molecular complexity index is 1060. The van der Waals surface area contributed by atoms with Crippen LogP contribution < -0.4 is 10.1 Å². The fraction of sp³-hybridized carbons (Fsp3) is 0.150. The van der Waals surface area contributed by atoms with Gasteiger partial charge in [0.05, 0.1) is 16.8 Å². The number of nitrogens with zero attached hydrogens (tertiary/aromatic N) is 1. The van der Waals surface area contributed by atoms with Crippen LogP contribution in [-0.4, -0.2) is 30.1 Å². The van der Waals surface area contributed by atoms with E-state index in [-0.39, 0.29) is 11.3 Å². The maximum atomic E-state index is 13.3. The summed E-state index contributed by atoms with van der Waals surface area (Å²) in [5.41, 5.74) is 1.21. The summed E-state index contributed by atoms with van der Waals surface area (Å²) < 4.78 is 46.7. The van der Waals surface area contributed by atoms with Gasteiger partial charge in [-0.05, 0) is 49.4 Å². The molecule has 0 saturated heterocycles. The van der Waals surface area contributed by atoms with Gasteiger partial charge in [0.15, 0.2) is 6.61 Å². The minimum absolute atomic E-state index is 0.0522. The zero-order chi connectivity index (χ0) is 21.0. The van der Waals surface area contributed by atoms with Crippen molar-refractivity contribution in [2.45, 2.75) is 13.5 Å². The van der Waals surface area contributed by atoms with E-state index >= 15 is 0 Å². The molecule has 0 saturated carbocycles. The van der Waals surface area contributed by atoms with Crippen LogP contribution in [0.1, 0.15) is 16.1 Å². The molecule has 1 heterocycles. The number of nitrogens with one attached hydrogen (secondary N) is 1. The lowest BCUT2D eigenvalue weighted by molar-refractivity contribution is -0.119. The summed E-state index contributed by atoms with van der Waals surface area (Å²) in [5.74, 6) is -1.86. The van der Waals surface area contributed by atoms with Crippen molar-refractivity contribution in [3.63, 3.8) is 0 Å². The Labute approximate surface area is 163 Å². The first-order valence-electron chi connectivity index (χ1n) is 8.40. The number of fused-ring (bicyclic) bond motifs is 1.